The number of hydrogen-bond acceptors (Lipinski definition) is 6. The lowest BCUT2D eigenvalue weighted by atomic mass is 10.2. The lowest BCUT2D eigenvalue weighted by molar-refractivity contribution is 0.596. The van der Waals surface area contributed by atoms with Crippen molar-refractivity contribution in [2.45, 2.75) is 9.79 Å². The van der Waals surface area contributed by atoms with Crippen molar-refractivity contribution in [2.24, 2.45) is 0 Å². The number of thiocarbonyl (C=S) groups is 2. The zero-order chi connectivity index (χ0) is 23.3. The first kappa shape index (κ1) is 22.7. The Kier molecular flexibility index (Phi) is 6.83. The quantitative estimate of drug-likeness (QED) is 0.370. The average molecular weight is 491 g/mol. The highest BCUT2D eigenvalue weighted by Gasteiger charge is 2.18. The number of sulfone groups is 1. The van der Waals surface area contributed by atoms with E-state index in [0.717, 1.165) is 0 Å². The van der Waals surface area contributed by atoms with Crippen LogP contribution >= 0.6 is 24.4 Å². The standard InChI is InChI=1S/C24H18N4O2S3/c29-33(30,19-11-7-17(8-12-19)23(31)28-22-6-2-4-16-26-22)20-13-9-18(10-14-20)27-24(32)21-5-1-3-15-25-21/h1-16H,(H,27,32)(H,26,28,31). The largest absolute Gasteiger partial charge is 0.345 e. The van der Waals surface area contributed by atoms with Crippen LogP contribution in [0.4, 0.5) is 11.5 Å². The number of benzene rings is 2. The molecule has 4 aromatic rings. The van der Waals surface area contributed by atoms with Gasteiger partial charge in [0.1, 0.15) is 15.8 Å². The highest BCUT2D eigenvalue weighted by molar-refractivity contribution is 7.91. The highest BCUT2D eigenvalue weighted by Crippen LogP contribution is 2.23. The maximum atomic E-state index is 13.0. The average Bonchev–Trinajstić information content (AvgIpc) is 2.85. The Morgan fingerprint density at radius 1 is 0.667 bits per heavy atom. The topological polar surface area (TPSA) is 84.0 Å². The first-order valence-corrected chi connectivity index (χ1v) is 12.1. The second-order valence-electron chi connectivity index (χ2n) is 6.89. The van der Waals surface area contributed by atoms with Crippen molar-refractivity contribution < 1.29 is 8.42 Å². The molecule has 6 nitrogen and oxygen atoms in total. The Balaban J connectivity index is 1.46. The van der Waals surface area contributed by atoms with E-state index >= 15 is 0 Å². The SMILES string of the molecule is O=S(=O)(c1ccc(NC(=S)c2ccccn2)cc1)c1ccc(C(=S)Nc2ccccn2)cc1. The van der Waals surface area contributed by atoms with Gasteiger partial charge in [-0.2, -0.15) is 0 Å². The van der Waals surface area contributed by atoms with Crippen molar-refractivity contribution in [3.05, 3.63) is 109 Å². The summed E-state index contributed by atoms with van der Waals surface area (Å²) in [5.74, 6) is 0.621. The first-order valence-electron chi connectivity index (χ1n) is 9.83. The number of rotatable bonds is 6. The molecule has 0 radical (unpaired) electrons. The fourth-order valence-corrected chi connectivity index (χ4v) is 4.70. The Bertz CT molecular complexity index is 1380. The Labute approximate surface area is 202 Å². The molecule has 0 amide bonds. The van der Waals surface area contributed by atoms with Crippen LogP contribution in [0, 0.1) is 0 Å². The monoisotopic (exact) mass is 490 g/mol. The van der Waals surface area contributed by atoms with E-state index in [1.54, 1.807) is 73.1 Å². The second-order valence-corrected chi connectivity index (χ2v) is 9.66. The number of pyridine rings is 2. The van der Waals surface area contributed by atoms with Crippen LogP contribution < -0.4 is 10.6 Å². The molecule has 0 aliphatic carbocycles. The van der Waals surface area contributed by atoms with Crippen molar-refractivity contribution >= 4 is 55.8 Å². The molecule has 164 valence electrons. The predicted octanol–water partition coefficient (Wildman–Crippen LogP) is 4.88. The third kappa shape index (κ3) is 5.46. The summed E-state index contributed by atoms with van der Waals surface area (Å²) in [6.45, 7) is 0. The minimum absolute atomic E-state index is 0.177. The third-order valence-electron chi connectivity index (χ3n) is 4.65. The van der Waals surface area contributed by atoms with Gasteiger partial charge in [-0.25, -0.2) is 13.4 Å². The van der Waals surface area contributed by atoms with Gasteiger partial charge in [0.25, 0.3) is 0 Å². The summed E-state index contributed by atoms with van der Waals surface area (Å²) in [4.78, 5) is 9.64. The molecule has 2 aromatic carbocycles. The van der Waals surface area contributed by atoms with Crippen LogP contribution in [-0.2, 0) is 9.84 Å². The van der Waals surface area contributed by atoms with Gasteiger partial charge in [-0.05, 0) is 60.7 Å². The molecule has 2 heterocycles. The highest BCUT2D eigenvalue weighted by atomic mass is 32.2. The number of anilines is 2. The van der Waals surface area contributed by atoms with Gasteiger partial charge in [-0.3, -0.25) is 4.98 Å². The van der Waals surface area contributed by atoms with Crippen molar-refractivity contribution in [1.29, 1.82) is 0 Å². The molecule has 0 saturated carbocycles. The van der Waals surface area contributed by atoms with Gasteiger partial charge in [-0.15, -0.1) is 0 Å². The number of hydrogen-bond donors (Lipinski definition) is 2. The van der Waals surface area contributed by atoms with E-state index in [1.807, 2.05) is 24.3 Å². The fraction of sp³-hybridized carbons (Fsp3) is 0. The van der Waals surface area contributed by atoms with Gasteiger partial charge in [-0.1, -0.05) is 48.7 Å². The van der Waals surface area contributed by atoms with Crippen molar-refractivity contribution in [3.8, 4) is 0 Å². The Hall–Kier alpha value is -3.53. The van der Waals surface area contributed by atoms with Crippen molar-refractivity contribution in [3.63, 3.8) is 0 Å². The summed E-state index contributed by atoms with van der Waals surface area (Å²) in [5, 5.41) is 6.09. The van der Waals surface area contributed by atoms with Gasteiger partial charge >= 0.3 is 0 Å². The minimum Gasteiger partial charge on any atom is -0.345 e. The zero-order valence-corrected chi connectivity index (χ0v) is 19.6. The van der Waals surface area contributed by atoms with Crippen molar-refractivity contribution in [2.75, 3.05) is 10.6 Å². The molecule has 0 saturated heterocycles. The first-order chi connectivity index (χ1) is 15.9. The summed E-state index contributed by atoms with van der Waals surface area (Å²) >= 11 is 10.7. The zero-order valence-electron chi connectivity index (χ0n) is 17.2. The number of aromatic nitrogens is 2. The molecule has 0 spiro atoms. The van der Waals surface area contributed by atoms with Crippen LogP contribution in [0.2, 0.25) is 0 Å². The van der Waals surface area contributed by atoms with Gasteiger partial charge in [0.15, 0.2) is 0 Å². The minimum atomic E-state index is -3.69. The summed E-state index contributed by atoms with van der Waals surface area (Å²) in [7, 11) is -3.69. The van der Waals surface area contributed by atoms with Crippen LogP contribution in [0.5, 0.6) is 0 Å². The van der Waals surface area contributed by atoms with Crippen molar-refractivity contribution in [1.82, 2.24) is 9.97 Å². The predicted molar refractivity (Wildman–Crippen MR) is 137 cm³/mol. The molecular weight excluding hydrogens is 472 g/mol. The van der Waals surface area contributed by atoms with Crippen LogP contribution in [0.15, 0.2) is 107 Å². The molecule has 4 rings (SSSR count). The summed E-state index contributed by atoms with van der Waals surface area (Å²) in [6.07, 6.45) is 3.32. The lowest BCUT2D eigenvalue weighted by Crippen LogP contribution is -2.12. The van der Waals surface area contributed by atoms with E-state index in [-0.39, 0.29) is 9.79 Å². The van der Waals surface area contributed by atoms with E-state index in [2.05, 4.69) is 20.6 Å². The third-order valence-corrected chi connectivity index (χ3v) is 7.09. The summed E-state index contributed by atoms with van der Waals surface area (Å²) in [5.41, 5.74) is 2.00. The lowest BCUT2D eigenvalue weighted by Gasteiger charge is -2.10. The maximum absolute atomic E-state index is 13.0. The van der Waals surface area contributed by atoms with E-state index in [4.69, 9.17) is 24.4 Å². The second kappa shape index (κ2) is 9.95. The van der Waals surface area contributed by atoms with E-state index in [1.165, 1.54) is 0 Å². The van der Waals surface area contributed by atoms with E-state index in [0.29, 0.717) is 32.7 Å². The normalized spacial score (nSPS) is 10.9. The maximum Gasteiger partial charge on any atom is 0.206 e. The molecule has 0 aliphatic heterocycles. The molecule has 0 fully saturated rings. The fourth-order valence-electron chi connectivity index (χ4n) is 2.96. The van der Waals surface area contributed by atoms with Crippen LogP contribution in [0.3, 0.4) is 0 Å². The van der Waals surface area contributed by atoms with E-state index in [9.17, 15) is 8.42 Å². The Morgan fingerprint density at radius 2 is 1.27 bits per heavy atom. The molecule has 33 heavy (non-hydrogen) atoms. The van der Waals surface area contributed by atoms with E-state index < -0.39 is 9.84 Å². The Morgan fingerprint density at radius 3 is 1.85 bits per heavy atom. The molecular formula is C24H18N4O2S3. The van der Waals surface area contributed by atoms with Gasteiger partial charge < -0.3 is 10.6 Å². The smallest absolute Gasteiger partial charge is 0.206 e. The summed E-state index contributed by atoms with van der Waals surface area (Å²) in [6, 6.07) is 23.8. The van der Waals surface area contributed by atoms with Gasteiger partial charge in [0.05, 0.1) is 15.5 Å². The molecule has 9 heteroatoms. The number of nitrogens with one attached hydrogen (secondary N) is 2. The van der Waals surface area contributed by atoms with Crippen LogP contribution in [0.25, 0.3) is 0 Å². The molecule has 0 unspecified atom stereocenters. The van der Waals surface area contributed by atoms with Gasteiger partial charge in [0.2, 0.25) is 9.84 Å². The molecule has 2 N–H and O–H groups in total. The molecule has 0 aliphatic rings. The molecule has 0 atom stereocenters. The molecule has 2 aromatic heterocycles. The van der Waals surface area contributed by atoms with Gasteiger partial charge in [0, 0.05) is 23.6 Å². The van der Waals surface area contributed by atoms with Crippen LogP contribution in [0.1, 0.15) is 11.3 Å². The number of nitrogens with zero attached hydrogens (tertiary/aromatic N) is 2. The summed E-state index contributed by atoms with van der Waals surface area (Å²) < 4.78 is 26.1. The molecule has 0 bridgehead atoms. The van der Waals surface area contributed by atoms with Crippen LogP contribution in [-0.4, -0.2) is 28.4 Å².